The summed E-state index contributed by atoms with van der Waals surface area (Å²) >= 11 is 0. The third-order valence-electron chi connectivity index (χ3n) is 3.01. The maximum atomic E-state index is 12.0. The van der Waals surface area contributed by atoms with Gasteiger partial charge in [0.2, 0.25) is 0 Å². The van der Waals surface area contributed by atoms with Crippen LogP contribution in [0.25, 0.3) is 0 Å². The Morgan fingerprint density at radius 2 is 2.06 bits per heavy atom. The van der Waals surface area contributed by atoms with E-state index in [9.17, 15) is 4.79 Å². The molecule has 2 N–H and O–H groups in total. The van der Waals surface area contributed by atoms with Crippen LogP contribution in [0.1, 0.15) is 21.5 Å². The van der Waals surface area contributed by atoms with Crippen molar-refractivity contribution in [1.82, 2.24) is 10.3 Å². The van der Waals surface area contributed by atoms with Crippen molar-refractivity contribution in [3.63, 3.8) is 0 Å². The van der Waals surface area contributed by atoms with Gasteiger partial charge in [-0.2, -0.15) is 0 Å². The van der Waals surface area contributed by atoms with E-state index in [0.717, 1.165) is 13.1 Å². The molecule has 3 rings (SSSR count). The smallest absolute Gasteiger partial charge is 0.256 e. The summed E-state index contributed by atoms with van der Waals surface area (Å²) in [5.41, 5.74) is 3.14. The fourth-order valence-electron chi connectivity index (χ4n) is 2.06. The predicted molar refractivity (Wildman–Crippen MR) is 69.2 cm³/mol. The van der Waals surface area contributed by atoms with Gasteiger partial charge in [0.1, 0.15) is 5.82 Å². The summed E-state index contributed by atoms with van der Waals surface area (Å²) in [5.74, 6) is 0.449. The van der Waals surface area contributed by atoms with Crippen molar-refractivity contribution in [3.05, 3.63) is 59.3 Å². The van der Waals surface area contributed by atoms with E-state index in [1.54, 1.807) is 12.3 Å². The quantitative estimate of drug-likeness (QED) is 0.842. The van der Waals surface area contributed by atoms with E-state index in [2.05, 4.69) is 15.6 Å². The summed E-state index contributed by atoms with van der Waals surface area (Å²) in [5, 5.41) is 6.04. The van der Waals surface area contributed by atoms with Gasteiger partial charge in [-0.25, -0.2) is 4.98 Å². The van der Waals surface area contributed by atoms with Gasteiger partial charge < -0.3 is 10.6 Å². The molecule has 2 heterocycles. The molecule has 90 valence electrons. The number of hydrogen-bond donors (Lipinski definition) is 2. The Morgan fingerprint density at radius 1 is 1.17 bits per heavy atom. The van der Waals surface area contributed by atoms with Gasteiger partial charge in [0.25, 0.3) is 5.91 Å². The topological polar surface area (TPSA) is 54.0 Å². The minimum atomic E-state index is -0.122. The zero-order chi connectivity index (χ0) is 12.4. The second-order valence-electron chi connectivity index (χ2n) is 4.26. The van der Waals surface area contributed by atoms with Gasteiger partial charge in [0, 0.05) is 24.8 Å². The van der Waals surface area contributed by atoms with Crippen LogP contribution in [0.4, 0.5) is 5.82 Å². The van der Waals surface area contributed by atoms with Gasteiger partial charge >= 0.3 is 0 Å². The van der Waals surface area contributed by atoms with Gasteiger partial charge in [-0.3, -0.25) is 4.79 Å². The Labute approximate surface area is 105 Å². The lowest BCUT2D eigenvalue weighted by molar-refractivity contribution is 0.102. The van der Waals surface area contributed by atoms with Crippen LogP contribution in [0.2, 0.25) is 0 Å². The van der Waals surface area contributed by atoms with E-state index in [4.69, 9.17) is 0 Å². The summed E-state index contributed by atoms with van der Waals surface area (Å²) in [6.45, 7) is 1.72. The minimum absolute atomic E-state index is 0.122. The molecule has 0 spiro atoms. The van der Waals surface area contributed by atoms with Gasteiger partial charge in [0.15, 0.2) is 0 Å². The number of nitrogens with zero attached hydrogens (tertiary/aromatic N) is 1. The molecule has 18 heavy (non-hydrogen) atoms. The van der Waals surface area contributed by atoms with E-state index >= 15 is 0 Å². The molecule has 2 aromatic rings. The molecule has 0 atom stereocenters. The normalized spacial score (nSPS) is 13.1. The number of amides is 1. The number of fused-ring (bicyclic) bond motifs is 1. The molecule has 1 aromatic carbocycles. The minimum Gasteiger partial charge on any atom is -0.309 e. The first kappa shape index (κ1) is 10.9. The van der Waals surface area contributed by atoms with Crippen LogP contribution >= 0.6 is 0 Å². The highest BCUT2D eigenvalue weighted by Gasteiger charge is 2.13. The molecule has 4 nitrogen and oxygen atoms in total. The Kier molecular flexibility index (Phi) is 2.78. The van der Waals surface area contributed by atoms with Crippen molar-refractivity contribution in [2.24, 2.45) is 0 Å². The zero-order valence-corrected chi connectivity index (χ0v) is 9.81. The third kappa shape index (κ3) is 2.10. The van der Waals surface area contributed by atoms with Crippen LogP contribution < -0.4 is 10.6 Å². The molecule has 0 saturated carbocycles. The second kappa shape index (κ2) is 4.58. The average Bonchev–Trinajstić information content (AvgIpc) is 2.87. The highest BCUT2D eigenvalue weighted by atomic mass is 16.1. The Morgan fingerprint density at radius 3 is 2.89 bits per heavy atom. The van der Waals surface area contributed by atoms with E-state index in [1.165, 1.54) is 11.1 Å². The van der Waals surface area contributed by atoms with Crippen LogP contribution in [-0.4, -0.2) is 10.9 Å². The molecule has 0 fully saturated rings. The molecule has 0 saturated heterocycles. The predicted octanol–water partition coefficient (Wildman–Crippen LogP) is 1.94. The molecule has 0 radical (unpaired) electrons. The van der Waals surface area contributed by atoms with Crippen molar-refractivity contribution < 1.29 is 4.79 Å². The number of rotatable bonds is 2. The number of pyridine rings is 1. The second-order valence-corrected chi connectivity index (χ2v) is 4.26. The molecule has 4 heteroatoms. The first-order chi connectivity index (χ1) is 8.83. The molecule has 0 aliphatic carbocycles. The molecule has 1 aliphatic heterocycles. The lowest BCUT2D eigenvalue weighted by Gasteiger charge is -2.05. The summed E-state index contributed by atoms with van der Waals surface area (Å²) in [7, 11) is 0. The maximum Gasteiger partial charge on any atom is 0.256 e. The first-order valence-electron chi connectivity index (χ1n) is 5.88. The summed E-state index contributed by atoms with van der Waals surface area (Å²) in [6, 6.07) is 11.2. The standard InChI is InChI=1S/C14H13N3O/c18-14(17-13-3-1-2-6-16-13)10-4-5-11-8-15-9-12(11)7-10/h1-7,15H,8-9H2,(H,16,17,18). The van der Waals surface area contributed by atoms with Crippen LogP contribution in [-0.2, 0) is 13.1 Å². The summed E-state index contributed by atoms with van der Waals surface area (Å²) in [4.78, 5) is 16.1. The fourth-order valence-corrected chi connectivity index (χ4v) is 2.06. The van der Waals surface area contributed by atoms with E-state index in [1.807, 2.05) is 30.3 Å². The molecule has 1 amide bonds. The monoisotopic (exact) mass is 239 g/mol. The summed E-state index contributed by atoms with van der Waals surface area (Å²) < 4.78 is 0. The number of carbonyl (C=O) groups excluding carboxylic acids is 1. The van der Waals surface area contributed by atoms with Crippen molar-refractivity contribution in [1.29, 1.82) is 0 Å². The number of benzene rings is 1. The number of anilines is 1. The van der Waals surface area contributed by atoms with Crippen LogP contribution in [0.5, 0.6) is 0 Å². The molecule has 0 bridgehead atoms. The number of nitrogens with one attached hydrogen (secondary N) is 2. The van der Waals surface area contributed by atoms with Crippen molar-refractivity contribution in [2.75, 3.05) is 5.32 Å². The Bertz CT molecular complexity index is 581. The fraction of sp³-hybridized carbons (Fsp3) is 0.143. The number of aromatic nitrogens is 1. The van der Waals surface area contributed by atoms with Crippen molar-refractivity contribution >= 4 is 11.7 Å². The zero-order valence-electron chi connectivity index (χ0n) is 9.81. The van der Waals surface area contributed by atoms with Crippen LogP contribution in [0, 0.1) is 0 Å². The Balaban J connectivity index is 1.81. The first-order valence-corrected chi connectivity index (χ1v) is 5.88. The van der Waals surface area contributed by atoms with Crippen LogP contribution in [0.3, 0.4) is 0 Å². The number of hydrogen-bond acceptors (Lipinski definition) is 3. The lowest BCUT2D eigenvalue weighted by Crippen LogP contribution is -2.13. The van der Waals surface area contributed by atoms with Gasteiger partial charge in [0.05, 0.1) is 0 Å². The molecule has 1 aromatic heterocycles. The van der Waals surface area contributed by atoms with Gasteiger partial charge in [-0.15, -0.1) is 0 Å². The molecular weight excluding hydrogens is 226 g/mol. The number of carbonyl (C=O) groups is 1. The van der Waals surface area contributed by atoms with Crippen LogP contribution in [0.15, 0.2) is 42.6 Å². The Hall–Kier alpha value is -2.20. The third-order valence-corrected chi connectivity index (χ3v) is 3.01. The molecular formula is C14H13N3O. The highest BCUT2D eigenvalue weighted by molar-refractivity contribution is 6.03. The van der Waals surface area contributed by atoms with Gasteiger partial charge in [-0.1, -0.05) is 12.1 Å². The van der Waals surface area contributed by atoms with Crippen molar-refractivity contribution in [2.45, 2.75) is 13.1 Å². The maximum absolute atomic E-state index is 12.0. The summed E-state index contributed by atoms with van der Waals surface area (Å²) in [6.07, 6.45) is 1.65. The highest BCUT2D eigenvalue weighted by Crippen LogP contribution is 2.17. The lowest BCUT2D eigenvalue weighted by atomic mass is 10.1. The average molecular weight is 239 g/mol. The molecule has 1 aliphatic rings. The largest absolute Gasteiger partial charge is 0.309 e. The van der Waals surface area contributed by atoms with E-state index in [-0.39, 0.29) is 5.91 Å². The SMILES string of the molecule is O=C(Nc1ccccn1)c1ccc2c(c1)CNC2. The van der Waals surface area contributed by atoms with E-state index in [0.29, 0.717) is 11.4 Å². The van der Waals surface area contributed by atoms with E-state index < -0.39 is 0 Å². The van der Waals surface area contributed by atoms with Gasteiger partial charge in [-0.05, 0) is 35.4 Å². The molecule has 0 unspecified atom stereocenters. The van der Waals surface area contributed by atoms with Crippen molar-refractivity contribution in [3.8, 4) is 0 Å².